The minimum absolute atomic E-state index is 0.167. The molecular formula is C18H21ClN2O2S. The van der Waals surface area contributed by atoms with Crippen LogP contribution in [0.1, 0.15) is 18.5 Å². The fourth-order valence-corrected chi connectivity index (χ4v) is 4.82. The third-order valence-electron chi connectivity index (χ3n) is 4.56. The summed E-state index contributed by atoms with van der Waals surface area (Å²) < 4.78 is 26.9. The summed E-state index contributed by atoms with van der Waals surface area (Å²) >= 11 is 6.29. The van der Waals surface area contributed by atoms with E-state index in [9.17, 15) is 8.42 Å². The summed E-state index contributed by atoms with van der Waals surface area (Å²) in [7, 11) is -3.40. The maximum Gasteiger partial charge on any atom is 0.243 e. The highest BCUT2D eigenvalue weighted by Gasteiger charge is 2.30. The molecule has 1 saturated heterocycles. The van der Waals surface area contributed by atoms with Crippen LogP contribution in [0.5, 0.6) is 0 Å². The van der Waals surface area contributed by atoms with Gasteiger partial charge in [0.15, 0.2) is 0 Å². The second-order valence-corrected chi connectivity index (χ2v) is 8.30. The number of hydrogen-bond acceptors (Lipinski definition) is 3. The van der Waals surface area contributed by atoms with Crippen LogP contribution in [0, 0.1) is 0 Å². The maximum absolute atomic E-state index is 12.7. The van der Waals surface area contributed by atoms with Crippen LogP contribution in [0.2, 0.25) is 5.02 Å². The Morgan fingerprint density at radius 1 is 0.917 bits per heavy atom. The molecule has 0 N–H and O–H groups in total. The molecule has 1 aliphatic rings. The summed E-state index contributed by atoms with van der Waals surface area (Å²) in [6.45, 7) is 4.48. The number of rotatable bonds is 4. The average molecular weight is 365 g/mol. The minimum atomic E-state index is -3.40. The summed E-state index contributed by atoms with van der Waals surface area (Å²) in [5.74, 6) is 0. The lowest BCUT2D eigenvalue weighted by molar-refractivity contribution is 0.146. The molecule has 0 saturated carbocycles. The number of halogens is 1. The zero-order valence-corrected chi connectivity index (χ0v) is 15.2. The molecule has 0 spiro atoms. The van der Waals surface area contributed by atoms with Crippen molar-refractivity contribution >= 4 is 21.6 Å². The number of nitrogens with zero attached hydrogens (tertiary/aromatic N) is 2. The molecule has 24 heavy (non-hydrogen) atoms. The van der Waals surface area contributed by atoms with Crippen molar-refractivity contribution in [3.05, 3.63) is 65.2 Å². The van der Waals surface area contributed by atoms with E-state index in [1.54, 1.807) is 28.6 Å². The van der Waals surface area contributed by atoms with Gasteiger partial charge in [-0.2, -0.15) is 4.31 Å². The zero-order chi connectivity index (χ0) is 17.2. The lowest BCUT2D eigenvalue weighted by atomic mass is 10.1. The molecule has 1 heterocycles. The molecule has 1 fully saturated rings. The minimum Gasteiger partial charge on any atom is -0.294 e. The predicted molar refractivity (Wildman–Crippen MR) is 96.6 cm³/mol. The molecule has 6 heteroatoms. The largest absolute Gasteiger partial charge is 0.294 e. The molecule has 0 radical (unpaired) electrons. The van der Waals surface area contributed by atoms with E-state index in [1.165, 1.54) is 0 Å². The van der Waals surface area contributed by atoms with Gasteiger partial charge in [0.2, 0.25) is 10.0 Å². The molecule has 2 aromatic carbocycles. The van der Waals surface area contributed by atoms with Crippen molar-refractivity contribution in [3.63, 3.8) is 0 Å². The molecule has 4 nitrogen and oxygen atoms in total. The van der Waals surface area contributed by atoms with Crippen LogP contribution in [0.4, 0.5) is 0 Å². The molecule has 0 amide bonds. The quantitative estimate of drug-likeness (QED) is 0.834. The fraction of sp³-hybridized carbons (Fsp3) is 0.333. The predicted octanol–water partition coefficient (Wildman–Crippen LogP) is 3.41. The van der Waals surface area contributed by atoms with Crippen molar-refractivity contribution in [1.29, 1.82) is 0 Å². The van der Waals surface area contributed by atoms with Gasteiger partial charge >= 0.3 is 0 Å². The molecule has 1 atom stereocenters. The summed E-state index contributed by atoms with van der Waals surface area (Å²) in [6.07, 6.45) is 0. The van der Waals surface area contributed by atoms with Gasteiger partial charge in [-0.15, -0.1) is 0 Å². The number of sulfonamides is 1. The van der Waals surface area contributed by atoms with Gasteiger partial charge in [-0.3, -0.25) is 4.90 Å². The van der Waals surface area contributed by atoms with E-state index < -0.39 is 10.0 Å². The Morgan fingerprint density at radius 2 is 1.50 bits per heavy atom. The highest BCUT2D eigenvalue weighted by molar-refractivity contribution is 7.89. The van der Waals surface area contributed by atoms with Gasteiger partial charge in [0.25, 0.3) is 0 Å². The highest BCUT2D eigenvalue weighted by Crippen LogP contribution is 2.28. The van der Waals surface area contributed by atoms with Crippen LogP contribution in [0.15, 0.2) is 59.5 Å². The Bertz CT molecular complexity index is 788. The monoisotopic (exact) mass is 364 g/mol. The van der Waals surface area contributed by atoms with Gasteiger partial charge in [-0.1, -0.05) is 48.0 Å². The van der Waals surface area contributed by atoms with Crippen LogP contribution in [-0.4, -0.2) is 43.8 Å². The summed E-state index contributed by atoms with van der Waals surface area (Å²) in [6, 6.07) is 16.6. The Hall–Kier alpha value is -1.40. The molecular weight excluding hydrogens is 344 g/mol. The van der Waals surface area contributed by atoms with Crippen molar-refractivity contribution in [1.82, 2.24) is 9.21 Å². The first kappa shape index (κ1) is 17.4. The van der Waals surface area contributed by atoms with Gasteiger partial charge in [0.1, 0.15) is 0 Å². The number of benzene rings is 2. The second-order valence-electron chi connectivity index (χ2n) is 5.95. The lowest BCUT2D eigenvalue weighted by Crippen LogP contribution is -2.49. The van der Waals surface area contributed by atoms with Crippen molar-refractivity contribution in [2.45, 2.75) is 17.9 Å². The molecule has 2 aromatic rings. The second kappa shape index (κ2) is 7.23. The van der Waals surface area contributed by atoms with Crippen molar-refractivity contribution in [2.75, 3.05) is 26.2 Å². The third kappa shape index (κ3) is 3.49. The van der Waals surface area contributed by atoms with Crippen LogP contribution >= 0.6 is 11.6 Å². The zero-order valence-electron chi connectivity index (χ0n) is 13.6. The molecule has 0 aromatic heterocycles. The summed E-state index contributed by atoms with van der Waals surface area (Å²) in [5, 5.41) is 0.754. The Balaban J connectivity index is 1.69. The van der Waals surface area contributed by atoms with Gasteiger partial charge in [-0.25, -0.2) is 8.42 Å². The van der Waals surface area contributed by atoms with E-state index in [0.717, 1.165) is 10.6 Å². The first-order chi connectivity index (χ1) is 11.5. The molecule has 0 unspecified atom stereocenters. The standard InChI is InChI=1S/C18H21ClN2O2S/c1-15(17-9-5-6-10-18(17)19)20-11-13-21(14-12-20)24(22,23)16-7-3-2-4-8-16/h2-10,15H,11-14H2,1H3/t15-/m1/s1. The Morgan fingerprint density at radius 3 is 2.12 bits per heavy atom. The Kier molecular flexibility index (Phi) is 5.25. The highest BCUT2D eigenvalue weighted by atomic mass is 35.5. The van der Waals surface area contributed by atoms with E-state index in [4.69, 9.17) is 11.6 Å². The first-order valence-corrected chi connectivity index (χ1v) is 9.85. The molecule has 1 aliphatic heterocycles. The van der Waals surface area contributed by atoms with Crippen LogP contribution in [0.25, 0.3) is 0 Å². The molecule has 3 rings (SSSR count). The van der Waals surface area contributed by atoms with Crippen LogP contribution < -0.4 is 0 Å². The van der Waals surface area contributed by atoms with Crippen molar-refractivity contribution in [2.24, 2.45) is 0 Å². The molecule has 0 bridgehead atoms. The molecule has 0 aliphatic carbocycles. The van der Waals surface area contributed by atoms with Crippen LogP contribution in [0.3, 0.4) is 0 Å². The first-order valence-electron chi connectivity index (χ1n) is 8.04. The third-order valence-corrected chi connectivity index (χ3v) is 6.81. The maximum atomic E-state index is 12.7. The van der Waals surface area contributed by atoms with E-state index in [-0.39, 0.29) is 6.04 Å². The van der Waals surface area contributed by atoms with Crippen molar-refractivity contribution < 1.29 is 8.42 Å². The van der Waals surface area contributed by atoms with Gasteiger partial charge < -0.3 is 0 Å². The van der Waals surface area contributed by atoms with E-state index in [1.807, 2.05) is 30.3 Å². The normalized spacial score (nSPS) is 18.4. The van der Waals surface area contributed by atoms with Crippen LogP contribution in [-0.2, 0) is 10.0 Å². The lowest BCUT2D eigenvalue weighted by Gasteiger charge is -2.37. The molecule has 128 valence electrons. The average Bonchev–Trinajstić information content (AvgIpc) is 2.62. The van der Waals surface area contributed by atoms with Gasteiger partial charge in [0.05, 0.1) is 4.90 Å². The van der Waals surface area contributed by atoms with Gasteiger partial charge in [0, 0.05) is 37.2 Å². The number of piperazine rings is 1. The van der Waals surface area contributed by atoms with E-state index in [0.29, 0.717) is 31.1 Å². The van der Waals surface area contributed by atoms with Gasteiger partial charge in [-0.05, 0) is 30.7 Å². The summed E-state index contributed by atoms with van der Waals surface area (Å²) in [5.41, 5.74) is 1.08. The topological polar surface area (TPSA) is 40.6 Å². The summed E-state index contributed by atoms with van der Waals surface area (Å²) in [4.78, 5) is 2.63. The van der Waals surface area contributed by atoms with Crippen molar-refractivity contribution in [3.8, 4) is 0 Å². The van der Waals surface area contributed by atoms with E-state index in [2.05, 4.69) is 11.8 Å². The number of hydrogen-bond donors (Lipinski definition) is 0. The SMILES string of the molecule is C[C@H](c1ccccc1Cl)N1CCN(S(=O)(=O)c2ccccc2)CC1. The smallest absolute Gasteiger partial charge is 0.243 e. The fourth-order valence-electron chi connectivity index (χ4n) is 3.08. The van der Waals surface area contributed by atoms with E-state index >= 15 is 0 Å². The Labute approximate surface area is 148 Å².